The van der Waals surface area contributed by atoms with Crippen LogP contribution in [0.15, 0.2) is 0 Å². The third-order valence-corrected chi connectivity index (χ3v) is 3.36. The van der Waals surface area contributed by atoms with Crippen molar-refractivity contribution in [3.05, 3.63) is 0 Å². The largest absolute Gasteiger partial charge is 0.396 e. The highest BCUT2D eigenvalue weighted by Crippen LogP contribution is 2.36. The first-order chi connectivity index (χ1) is 7.58. The van der Waals surface area contributed by atoms with Crippen molar-refractivity contribution in [2.45, 2.75) is 45.4 Å². The van der Waals surface area contributed by atoms with E-state index in [9.17, 15) is 14.7 Å². The van der Waals surface area contributed by atoms with Gasteiger partial charge in [0.05, 0.1) is 6.61 Å². The summed E-state index contributed by atoms with van der Waals surface area (Å²) in [4.78, 5) is 22.1. The predicted octanol–water partition coefficient (Wildman–Crippen LogP) is 1.02. The van der Waals surface area contributed by atoms with Gasteiger partial charge in [-0.05, 0) is 19.8 Å². The number of aliphatic hydroxyl groups excluding tert-OH is 1. The van der Waals surface area contributed by atoms with E-state index in [0.29, 0.717) is 13.0 Å². The Balaban J connectivity index is 2.27. The molecule has 1 rings (SSSR count). The molecule has 0 saturated heterocycles. The second-order valence-electron chi connectivity index (χ2n) is 4.84. The van der Waals surface area contributed by atoms with Gasteiger partial charge in [0.2, 0.25) is 5.91 Å². The van der Waals surface area contributed by atoms with Gasteiger partial charge in [0, 0.05) is 24.8 Å². The zero-order valence-corrected chi connectivity index (χ0v) is 9.92. The van der Waals surface area contributed by atoms with E-state index in [1.165, 1.54) is 6.92 Å². The van der Waals surface area contributed by atoms with Gasteiger partial charge in [-0.25, -0.2) is 0 Å². The van der Waals surface area contributed by atoms with Crippen molar-refractivity contribution in [1.82, 2.24) is 5.32 Å². The number of rotatable bonds is 6. The molecule has 4 heteroatoms. The third-order valence-electron chi connectivity index (χ3n) is 3.36. The molecular weight excluding hydrogens is 206 g/mol. The highest BCUT2D eigenvalue weighted by Gasteiger charge is 2.33. The van der Waals surface area contributed by atoms with Gasteiger partial charge in [-0.2, -0.15) is 0 Å². The van der Waals surface area contributed by atoms with Gasteiger partial charge in [-0.3, -0.25) is 4.79 Å². The molecule has 0 spiro atoms. The van der Waals surface area contributed by atoms with Gasteiger partial charge in [-0.1, -0.05) is 12.8 Å². The summed E-state index contributed by atoms with van der Waals surface area (Å²) in [5.74, 6) is -0.0530. The predicted molar refractivity (Wildman–Crippen MR) is 60.9 cm³/mol. The topological polar surface area (TPSA) is 66.4 Å². The highest BCUT2D eigenvalue weighted by atomic mass is 16.3. The fourth-order valence-electron chi connectivity index (χ4n) is 2.18. The molecule has 0 aromatic rings. The summed E-state index contributed by atoms with van der Waals surface area (Å²) in [5, 5.41) is 12.2. The summed E-state index contributed by atoms with van der Waals surface area (Å²) in [6.07, 6.45) is 4.79. The number of carbonyl (C=O) groups is 2. The number of nitrogens with one attached hydrogen (secondary N) is 1. The van der Waals surface area contributed by atoms with Crippen LogP contribution in [0, 0.1) is 5.41 Å². The van der Waals surface area contributed by atoms with E-state index in [0.717, 1.165) is 25.7 Å². The van der Waals surface area contributed by atoms with E-state index in [2.05, 4.69) is 5.32 Å². The second-order valence-corrected chi connectivity index (χ2v) is 4.84. The van der Waals surface area contributed by atoms with Crippen LogP contribution in [0.2, 0.25) is 0 Å². The summed E-state index contributed by atoms with van der Waals surface area (Å²) >= 11 is 0. The summed E-state index contributed by atoms with van der Waals surface area (Å²) in [6.45, 7) is 2.17. The summed E-state index contributed by atoms with van der Waals surface area (Å²) in [7, 11) is 0. The van der Waals surface area contributed by atoms with Crippen LogP contribution in [-0.2, 0) is 9.59 Å². The first-order valence-electron chi connectivity index (χ1n) is 5.95. The lowest BCUT2D eigenvalue weighted by Crippen LogP contribution is -2.38. The zero-order chi connectivity index (χ0) is 12.0. The van der Waals surface area contributed by atoms with Crippen molar-refractivity contribution in [3.63, 3.8) is 0 Å². The average Bonchev–Trinajstić information content (AvgIpc) is 2.73. The fourth-order valence-corrected chi connectivity index (χ4v) is 2.18. The summed E-state index contributed by atoms with van der Waals surface area (Å²) in [6, 6.07) is 0. The molecule has 1 aliphatic carbocycles. The van der Waals surface area contributed by atoms with Gasteiger partial charge >= 0.3 is 0 Å². The third kappa shape index (κ3) is 3.93. The van der Waals surface area contributed by atoms with Crippen LogP contribution in [0.5, 0.6) is 0 Å². The number of hydrogen-bond donors (Lipinski definition) is 2. The van der Waals surface area contributed by atoms with E-state index in [1.807, 2.05) is 0 Å². The molecular formula is C12H21NO3. The number of ketones is 1. The van der Waals surface area contributed by atoms with E-state index >= 15 is 0 Å². The Kier molecular flexibility index (Phi) is 4.93. The monoisotopic (exact) mass is 227 g/mol. The molecule has 0 aromatic heterocycles. The maximum absolute atomic E-state index is 11.4. The van der Waals surface area contributed by atoms with Crippen LogP contribution in [0.25, 0.3) is 0 Å². The van der Waals surface area contributed by atoms with Crippen LogP contribution < -0.4 is 5.32 Å². The quantitative estimate of drug-likeness (QED) is 0.712. The Morgan fingerprint density at radius 1 is 1.25 bits per heavy atom. The molecule has 2 N–H and O–H groups in total. The molecule has 92 valence electrons. The summed E-state index contributed by atoms with van der Waals surface area (Å²) < 4.78 is 0. The number of Topliss-reactive ketones (excluding diaryl/α,β-unsaturated/α-hetero) is 1. The molecule has 16 heavy (non-hydrogen) atoms. The van der Waals surface area contributed by atoms with Crippen LogP contribution >= 0.6 is 0 Å². The minimum atomic E-state index is -0.105. The van der Waals surface area contributed by atoms with Gasteiger partial charge in [0.15, 0.2) is 0 Å². The van der Waals surface area contributed by atoms with Crippen molar-refractivity contribution in [1.29, 1.82) is 0 Å². The Hall–Kier alpha value is -0.900. The highest BCUT2D eigenvalue weighted by molar-refractivity contribution is 5.83. The second kappa shape index (κ2) is 5.99. The molecule has 1 saturated carbocycles. The lowest BCUT2D eigenvalue weighted by Gasteiger charge is -2.26. The first kappa shape index (κ1) is 13.2. The Labute approximate surface area is 96.4 Å². The molecule has 1 fully saturated rings. The van der Waals surface area contributed by atoms with Crippen LogP contribution in [0.1, 0.15) is 45.4 Å². The van der Waals surface area contributed by atoms with Crippen molar-refractivity contribution < 1.29 is 14.7 Å². The first-order valence-corrected chi connectivity index (χ1v) is 5.95. The number of carbonyl (C=O) groups excluding carboxylic acids is 2. The van der Waals surface area contributed by atoms with Gasteiger partial charge in [-0.15, -0.1) is 0 Å². The van der Waals surface area contributed by atoms with Crippen LogP contribution in [-0.4, -0.2) is 29.9 Å². The lowest BCUT2D eigenvalue weighted by atomic mass is 9.87. The molecule has 0 bridgehead atoms. The molecule has 1 aliphatic rings. The smallest absolute Gasteiger partial charge is 0.220 e. The van der Waals surface area contributed by atoms with E-state index in [1.54, 1.807) is 0 Å². The maximum atomic E-state index is 11.4. The van der Waals surface area contributed by atoms with Gasteiger partial charge in [0.25, 0.3) is 0 Å². The minimum Gasteiger partial charge on any atom is -0.396 e. The number of hydrogen-bond acceptors (Lipinski definition) is 3. The molecule has 0 unspecified atom stereocenters. The van der Waals surface area contributed by atoms with Gasteiger partial charge < -0.3 is 15.2 Å². The fraction of sp³-hybridized carbons (Fsp3) is 0.833. The van der Waals surface area contributed by atoms with Crippen LogP contribution in [0.4, 0.5) is 0 Å². The normalized spacial score (nSPS) is 18.4. The summed E-state index contributed by atoms with van der Waals surface area (Å²) in [5.41, 5.74) is -0.105. The SMILES string of the molecule is CC(=O)CCC(=O)NCC1(CO)CCCC1. The molecule has 0 aliphatic heterocycles. The number of aliphatic hydroxyl groups is 1. The van der Waals surface area contributed by atoms with Gasteiger partial charge in [0.1, 0.15) is 5.78 Å². The Morgan fingerprint density at radius 2 is 1.88 bits per heavy atom. The maximum Gasteiger partial charge on any atom is 0.220 e. The van der Waals surface area contributed by atoms with Crippen molar-refractivity contribution in [3.8, 4) is 0 Å². The minimum absolute atomic E-state index is 0.0351. The lowest BCUT2D eigenvalue weighted by molar-refractivity contribution is -0.125. The molecule has 0 aromatic carbocycles. The molecule has 0 heterocycles. The molecule has 4 nitrogen and oxygen atoms in total. The average molecular weight is 227 g/mol. The molecule has 0 radical (unpaired) electrons. The van der Waals surface area contributed by atoms with Crippen LogP contribution in [0.3, 0.4) is 0 Å². The van der Waals surface area contributed by atoms with Crippen molar-refractivity contribution >= 4 is 11.7 Å². The van der Waals surface area contributed by atoms with E-state index in [-0.39, 0.29) is 30.1 Å². The standard InChI is InChI=1S/C12H21NO3/c1-10(15)4-5-11(16)13-8-12(9-14)6-2-3-7-12/h14H,2-9H2,1H3,(H,13,16). The molecule has 0 atom stereocenters. The Bertz CT molecular complexity index is 257. The Morgan fingerprint density at radius 3 is 2.38 bits per heavy atom. The zero-order valence-electron chi connectivity index (χ0n) is 9.92. The van der Waals surface area contributed by atoms with Crippen molar-refractivity contribution in [2.75, 3.05) is 13.2 Å². The van der Waals surface area contributed by atoms with E-state index < -0.39 is 0 Å². The van der Waals surface area contributed by atoms with E-state index in [4.69, 9.17) is 0 Å². The molecule has 1 amide bonds. The van der Waals surface area contributed by atoms with Crippen molar-refractivity contribution in [2.24, 2.45) is 5.41 Å². The number of amides is 1.